The summed E-state index contributed by atoms with van der Waals surface area (Å²) >= 11 is 6.04. The van der Waals surface area contributed by atoms with Gasteiger partial charge in [0.05, 0.1) is 23.3 Å². The third-order valence-corrected chi connectivity index (χ3v) is 3.01. The number of imidazole rings is 1. The van der Waals surface area contributed by atoms with Gasteiger partial charge in [0.25, 0.3) is 0 Å². The molecule has 1 aromatic carbocycles. The Balaban J connectivity index is 2.65. The smallest absolute Gasteiger partial charge is 0.310 e. The van der Waals surface area contributed by atoms with E-state index in [4.69, 9.17) is 16.7 Å². The maximum Gasteiger partial charge on any atom is 0.310 e. The quantitative estimate of drug-likeness (QED) is 0.874. The number of carboxylic acid groups (broad SMARTS) is 1. The lowest BCUT2D eigenvalue weighted by molar-refractivity contribution is -0.138. The normalized spacial score (nSPS) is 12.9. The molecule has 0 aliphatic rings. The van der Waals surface area contributed by atoms with Crippen LogP contribution in [0.15, 0.2) is 18.5 Å². The van der Waals surface area contributed by atoms with Gasteiger partial charge in [0.15, 0.2) is 0 Å². The number of hydrogen-bond donors (Lipinski definition) is 1. The molecule has 5 heteroatoms. The Morgan fingerprint density at radius 3 is 2.88 bits per heavy atom. The molecule has 0 aliphatic carbocycles. The summed E-state index contributed by atoms with van der Waals surface area (Å²) in [4.78, 5) is 15.1. The van der Waals surface area contributed by atoms with Crippen LogP contribution in [0.25, 0.3) is 11.0 Å². The molecule has 1 N–H and O–H groups in total. The van der Waals surface area contributed by atoms with Gasteiger partial charge >= 0.3 is 5.97 Å². The fourth-order valence-electron chi connectivity index (χ4n) is 1.63. The van der Waals surface area contributed by atoms with Crippen LogP contribution in [-0.4, -0.2) is 20.6 Å². The number of aromatic nitrogens is 2. The standard InChI is InChI=1S/C11H11ClN2O2/c1-6(11(15)16)7-3-10-9(4-8(7)12)13-5-14(10)2/h3-6H,1-2H3,(H,15,16). The average molecular weight is 239 g/mol. The van der Waals surface area contributed by atoms with Crippen molar-refractivity contribution < 1.29 is 9.90 Å². The zero-order valence-electron chi connectivity index (χ0n) is 8.94. The zero-order valence-corrected chi connectivity index (χ0v) is 9.69. The lowest BCUT2D eigenvalue weighted by atomic mass is 10.0. The minimum Gasteiger partial charge on any atom is -0.481 e. The lowest BCUT2D eigenvalue weighted by Crippen LogP contribution is -2.08. The van der Waals surface area contributed by atoms with Crippen molar-refractivity contribution in [3.05, 3.63) is 29.0 Å². The van der Waals surface area contributed by atoms with Gasteiger partial charge in [0, 0.05) is 12.1 Å². The molecule has 16 heavy (non-hydrogen) atoms. The molecule has 0 bridgehead atoms. The van der Waals surface area contributed by atoms with Crippen LogP contribution in [0.3, 0.4) is 0 Å². The number of carbonyl (C=O) groups is 1. The van der Waals surface area contributed by atoms with Gasteiger partial charge in [-0.2, -0.15) is 0 Å². The number of aryl methyl sites for hydroxylation is 1. The summed E-state index contributed by atoms with van der Waals surface area (Å²) in [6, 6.07) is 3.48. The van der Waals surface area contributed by atoms with Gasteiger partial charge in [-0.1, -0.05) is 11.6 Å². The predicted octanol–water partition coefficient (Wildman–Crippen LogP) is 2.41. The molecule has 0 saturated carbocycles. The van der Waals surface area contributed by atoms with Crippen LogP contribution in [0.5, 0.6) is 0 Å². The fourth-order valence-corrected chi connectivity index (χ4v) is 1.95. The molecule has 0 saturated heterocycles. The van der Waals surface area contributed by atoms with E-state index in [9.17, 15) is 4.79 Å². The van der Waals surface area contributed by atoms with Crippen LogP contribution in [0.2, 0.25) is 5.02 Å². The first-order valence-electron chi connectivity index (χ1n) is 4.84. The first kappa shape index (κ1) is 11.0. The molecular weight excluding hydrogens is 228 g/mol. The molecule has 0 radical (unpaired) electrons. The number of hydrogen-bond acceptors (Lipinski definition) is 2. The second-order valence-electron chi connectivity index (χ2n) is 3.78. The van der Waals surface area contributed by atoms with Crippen molar-refractivity contribution in [2.45, 2.75) is 12.8 Å². The first-order chi connectivity index (χ1) is 7.50. The van der Waals surface area contributed by atoms with Crippen LogP contribution in [0.4, 0.5) is 0 Å². The Bertz CT molecular complexity index is 562. The number of halogens is 1. The Hall–Kier alpha value is -1.55. The van der Waals surface area contributed by atoms with Crippen LogP contribution in [0, 0.1) is 0 Å². The number of fused-ring (bicyclic) bond motifs is 1. The monoisotopic (exact) mass is 238 g/mol. The molecule has 0 fully saturated rings. The van der Waals surface area contributed by atoms with E-state index in [0.717, 1.165) is 11.0 Å². The molecule has 1 aromatic heterocycles. The highest BCUT2D eigenvalue weighted by atomic mass is 35.5. The van der Waals surface area contributed by atoms with Crippen molar-refractivity contribution in [3.8, 4) is 0 Å². The Morgan fingerprint density at radius 1 is 1.56 bits per heavy atom. The number of carboxylic acids is 1. The highest BCUT2D eigenvalue weighted by Crippen LogP contribution is 2.28. The number of nitrogens with zero attached hydrogens (tertiary/aromatic N) is 2. The summed E-state index contributed by atoms with van der Waals surface area (Å²) in [6.07, 6.45) is 1.68. The molecule has 1 unspecified atom stereocenters. The molecule has 84 valence electrons. The molecule has 2 aromatic rings. The van der Waals surface area contributed by atoms with Crippen molar-refractivity contribution >= 4 is 28.6 Å². The first-order valence-corrected chi connectivity index (χ1v) is 5.21. The second-order valence-corrected chi connectivity index (χ2v) is 4.19. The summed E-state index contributed by atoms with van der Waals surface area (Å²) in [5.41, 5.74) is 2.27. The van der Waals surface area contributed by atoms with Gasteiger partial charge in [-0.3, -0.25) is 4.79 Å². The molecule has 1 heterocycles. The van der Waals surface area contributed by atoms with Crippen molar-refractivity contribution in [3.63, 3.8) is 0 Å². The highest BCUT2D eigenvalue weighted by Gasteiger charge is 2.18. The third kappa shape index (κ3) is 1.65. The third-order valence-electron chi connectivity index (χ3n) is 2.68. The zero-order chi connectivity index (χ0) is 11.9. The Labute approximate surface area is 97.5 Å². The summed E-state index contributed by atoms with van der Waals surface area (Å²) in [5.74, 6) is -1.50. The molecule has 2 rings (SSSR count). The molecular formula is C11H11ClN2O2. The summed E-state index contributed by atoms with van der Waals surface area (Å²) in [7, 11) is 1.86. The van der Waals surface area contributed by atoms with Crippen molar-refractivity contribution in [1.29, 1.82) is 0 Å². The van der Waals surface area contributed by atoms with E-state index < -0.39 is 11.9 Å². The summed E-state index contributed by atoms with van der Waals surface area (Å²) in [5, 5.41) is 9.42. The van der Waals surface area contributed by atoms with E-state index in [1.165, 1.54) is 0 Å². The van der Waals surface area contributed by atoms with E-state index in [1.807, 2.05) is 11.6 Å². The van der Waals surface area contributed by atoms with Gasteiger partial charge in [-0.15, -0.1) is 0 Å². The van der Waals surface area contributed by atoms with Gasteiger partial charge < -0.3 is 9.67 Å². The minimum atomic E-state index is -0.886. The van der Waals surface area contributed by atoms with E-state index in [-0.39, 0.29) is 0 Å². The maximum absolute atomic E-state index is 10.9. The largest absolute Gasteiger partial charge is 0.481 e. The van der Waals surface area contributed by atoms with Crippen LogP contribution >= 0.6 is 11.6 Å². The van der Waals surface area contributed by atoms with Crippen LogP contribution in [-0.2, 0) is 11.8 Å². The maximum atomic E-state index is 10.9. The Kier molecular flexibility index (Phi) is 2.59. The van der Waals surface area contributed by atoms with E-state index in [1.54, 1.807) is 25.4 Å². The minimum absolute atomic E-state index is 0.445. The average Bonchev–Trinajstić information content (AvgIpc) is 2.57. The number of benzene rings is 1. The molecule has 0 spiro atoms. The second kappa shape index (κ2) is 3.79. The molecule has 1 atom stereocenters. The van der Waals surface area contributed by atoms with Gasteiger partial charge in [0.1, 0.15) is 0 Å². The van der Waals surface area contributed by atoms with Crippen molar-refractivity contribution in [2.24, 2.45) is 7.05 Å². The molecule has 0 aliphatic heterocycles. The Morgan fingerprint density at radius 2 is 2.25 bits per heavy atom. The van der Waals surface area contributed by atoms with E-state index in [2.05, 4.69) is 4.98 Å². The van der Waals surface area contributed by atoms with E-state index in [0.29, 0.717) is 10.6 Å². The highest BCUT2D eigenvalue weighted by molar-refractivity contribution is 6.32. The fraction of sp³-hybridized carbons (Fsp3) is 0.273. The van der Waals surface area contributed by atoms with Crippen molar-refractivity contribution in [2.75, 3.05) is 0 Å². The van der Waals surface area contributed by atoms with Gasteiger partial charge in [-0.25, -0.2) is 4.98 Å². The molecule has 4 nitrogen and oxygen atoms in total. The van der Waals surface area contributed by atoms with Gasteiger partial charge in [-0.05, 0) is 24.6 Å². The van der Waals surface area contributed by atoms with Crippen molar-refractivity contribution in [1.82, 2.24) is 9.55 Å². The summed E-state index contributed by atoms with van der Waals surface area (Å²) < 4.78 is 1.84. The number of aliphatic carboxylic acids is 1. The van der Waals surface area contributed by atoms with Gasteiger partial charge in [0.2, 0.25) is 0 Å². The van der Waals surface area contributed by atoms with E-state index >= 15 is 0 Å². The lowest BCUT2D eigenvalue weighted by Gasteiger charge is -2.09. The van der Waals surface area contributed by atoms with Crippen LogP contribution < -0.4 is 0 Å². The summed E-state index contributed by atoms with van der Waals surface area (Å²) in [6.45, 7) is 1.62. The van der Waals surface area contributed by atoms with Crippen LogP contribution in [0.1, 0.15) is 18.4 Å². The topological polar surface area (TPSA) is 55.1 Å². The predicted molar refractivity (Wildman–Crippen MR) is 61.8 cm³/mol. The SMILES string of the molecule is CC(C(=O)O)c1cc2c(cc1Cl)ncn2C. The number of rotatable bonds is 2. The molecule has 0 amide bonds.